The molecule has 6 nitrogen and oxygen atoms in total. The summed E-state index contributed by atoms with van der Waals surface area (Å²) in [5.74, 6) is 1.41. The fourth-order valence-electron chi connectivity index (χ4n) is 2.92. The fourth-order valence-corrected chi connectivity index (χ4v) is 2.92. The Balaban J connectivity index is 2.00. The van der Waals surface area contributed by atoms with Crippen LogP contribution in [-0.4, -0.2) is 15.9 Å². The van der Waals surface area contributed by atoms with Crippen LogP contribution < -0.4 is 11.1 Å². The monoisotopic (exact) mass is 278 g/mol. The smallest absolute Gasteiger partial charge is 0.311 e. The molecule has 1 aromatic heterocycles. The average Bonchev–Trinajstić information content (AvgIpc) is 2.41. The van der Waals surface area contributed by atoms with Gasteiger partial charge in [-0.05, 0) is 37.7 Å². The predicted octanol–water partition coefficient (Wildman–Crippen LogP) is 3.34. The van der Waals surface area contributed by atoms with Crippen molar-refractivity contribution in [2.45, 2.75) is 51.5 Å². The summed E-state index contributed by atoms with van der Waals surface area (Å²) < 4.78 is 0. The third kappa shape index (κ3) is 3.59. The highest BCUT2D eigenvalue weighted by molar-refractivity contribution is 5.59. The van der Waals surface area contributed by atoms with Crippen LogP contribution in [0, 0.1) is 16.0 Å². The fraction of sp³-hybridized carbons (Fsp3) is 0.643. The van der Waals surface area contributed by atoms with Crippen molar-refractivity contribution >= 4 is 17.3 Å². The lowest BCUT2D eigenvalue weighted by Crippen LogP contribution is -2.27. The van der Waals surface area contributed by atoms with Crippen LogP contribution in [0.15, 0.2) is 12.1 Å². The van der Waals surface area contributed by atoms with Crippen molar-refractivity contribution in [3.05, 3.63) is 22.2 Å². The van der Waals surface area contributed by atoms with E-state index in [1.807, 2.05) is 0 Å². The molecule has 2 rings (SSSR count). The second-order valence-electron chi connectivity index (χ2n) is 5.51. The van der Waals surface area contributed by atoms with Crippen molar-refractivity contribution in [3.63, 3.8) is 0 Å². The van der Waals surface area contributed by atoms with Crippen molar-refractivity contribution in [1.29, 1.82) is 0 Å². The van der Waals surface area contributed by atoms with Crippen LogP contribution >= 0.6 is 0 Å². The van der Waals surface area contributed by atoms with Gasteiger partial charge in [0.05, 0.1) is 4.92 Å². The molecule has 0 unspecified atom stereocenters. The number of aromatic nitrogens is 1. The van der Waals surface area contributed by atoms with Gasteiger partial charge in [-0.3, -0.25) is 10.1 Å². The van der Waals surface area contributed by atoms with Crippen LogP contribution in [0.4, 0.5) is 17.3 Å². The average molecular weight is 278 g/mol. The van der Waals surface area contributed by atoms with Crippen LogP contribution in [0.1, 0.15) is 45.4 Å². The van der Waals surface area contributed by atoms with E-state index in [0.29, 0.717) is 11.6 Å². The SMILES string of the molecule is CCCC1CCC(Nc2nc(N)ccc2[N+](=O)[O-])CC1. The highest BCUT2D eigenvalue weighted by Gasteiger charge is 2.23. The van der Waals surface area contributed by atoms with Crippen molar-refractivity contribution in [2.24, 2.45) is 5.92 Å². The summed E-state index contributed by atoms with van der Waals surface area (Å²) in [5.41, 5.74) is 5.62. The molecule has 0 saturated heterocycles. The molecule has 0 aromatic carbocycles. The van der Waals surface area contributed by atoms with Gasteiger partial charge in [-0.2, -0.15) is 0 Å². The van der Waals surface area contributed by atoms with Crippen molar-refractivity contribution < 1.29 is 4.92 Å². The number of rotatable bonds is 5. The number of nitrogens with zero attached hydrogens (tertiary/aromatic N) is 2. The number of nitrogens with one attached hydrogen (secondary N) is 1. The third-order valence-electron chi connectivity index (χ3n) is 3.98. The number of anilines is 2. The van der Waals surface area contributed by atoms with Gasteiger partial charge in [0, 0.05) is 12.1 Å². The molecule has 6 heteroatoms. The molecule has 1 aromatic rings. The Morgan fingerprint density at radius 1 is 1.40 bits per heavy atom. The van der Waals surface area contributed by atoms with E-state index < -0.39 is 4.92 Å². The Labute approximate surface area is 118 Å². The molecule has 1 aliphatic carbocycles. The first-order valence-corrected chi connectivity index (χ1v) is 7.27. The van der Waals surface area contributed by atoms with E-state index in [4.69, 9.17) is 5.73 Å². The minimum absolute atomic E-state index is 0.00474. The normalized spacial score (nSPS) is 22.4. The van der Waals surface area contributed by atoms with Crippen LogP contribution in [0.3, 0.4) is 0 Å². The van der Waals surface area contributed by atoms with Crippen molar-refractivity contribution in [3.8, 4) is 0 Å². The van der Waals surface area contributed by atoms with Gasteiger partial charge < -0.3 is 11.1 Å². The van der Waals surface area contributed by atoms with E-state index in [2.05, 4.69) is 17.2 Å². The third-order valence-corrected chi connectivity index (χ3v) is 3.98. The molecule has 110 valence electrons. The summed E-state index contributed by atoms with van der Waals surface area (Å²) >= 11 is 0. The number of nitro groups is 1. The van der Waals surface area contributed by atoms with Crippen LogP contribution in [0.25, 0.3) is 0 Å². The number of hydrogen-bond donors (Lipinski definition) is 2. The van der Waals surface area contributed by atoms with Gasteiger partial charge in [-0.1, -0.05) is 19.8 Å². The van der Waals surface area contributed by atoms with Gasteiger partial charge in [0.1, 0.15) is 5.82 Å². The maximum absolute atomic E-state index is 11.0. The Morgan fingerprint density at radius 2 is 2.10 bits per heavy atom. The second-order valence-corrected chi connectivity index (χ2v) is 5.51. The van der Waals surface area contributed by atoms with E-state index in [0.717, 1.165) is 18.8 Å². The first-order chi connectivity index (χ1) is 9.60. The number of nitrogen functional groups attached to an aromatic ring is 1. The predicted molar refractivity (Wildman–Crippen MR) is 79.6 cm³/mol. The van der Waals surface area contributed by atoms with Gasteiger partial charge in [0.25, 0.3) is 0 Å². The molecule has 0 aliphatic heterocycles. The lowest BCUT2D eigenvalue weighted by molar-refractivity contribution is -0.384. The first kappa shape index (κ1) is 14.6. The van der Waals surface area contributed by atoms with Gasteiger partial charge in [0.2, 0.25) is 5.82 Å². The molecule has 0 spiro atoms. The Kier molecular flexibility index (Phi) is 4.76. The zero-order valence-corrected chi connectivity index (χ0v) is 11.8. The minimum Gasteiger partial charge on any atom is -0.384 e. The van der Waals surface area contributed by atoms with Gasteiger partial charge in [0.15, 0.2) is 0 Å². The summed E-state index contributed by atoms with van der Waals surface area (Å²) in [4.78, 5) is 14.6. The van der Waals surface area contributed by atoms with E-state index in [-0.39, 0.29) is 11.7 Å². The Morgan fingerprint density at radius 3 is 2.70 bits per heavy atom. The number of pyridine rings is 1. The molecule has 0 amide bonds. The molecule has 3 N–H and O–H groups in total. The highest BCUT2D eigenvalue weighted by atomic mass is 16.6. The molecular formula is C14H22N4O2. The Hall–Kier alpha value is -1.85. The second kappa shape index (κ2) is 6.54. The molecule has 1 fully saturated rings. The summed E-state index contributed by atoms with van der Waals surface area (Å²) in [6.07, 6.45) is 6.95. The summed E-state index contributed by atoms with van der Waals surface area (Å²) in [6.45, 7) is 2.21. The van der Waals surface area contributed by atoms with E-state index >= 15 is 0 Å². The summed E-state index contributed by atoms with van der Waals surface area (Å²) in [6, 6.07) is 3.13. The van der Waals surface area contributed by atoms with Crippen molar-refractivity contribution in [2.75, 3.05) is 11.1 Å². The van der Waals surface area contributed by atoms with Gasteiger partial charge in [-0.15, -0.1) is 0 Å². The zero-order chi connectivity index (χ0) is 14.5. The molecule has 1 saturated carbocycles. The molecule has 1 heterocycles. The Bertz CT molecular complexity index is 470. The minimum atomic E-state index is -0.419. The molecule has 1 aliphatic rings. The maximum atomic E-state index is 11.0. The highest BCUT2D eigenvalue weighted by Crippen LogP contribution is 2.31. The lowest BCUT2D eigenvalue weighted by Gasteiger charge is -2.29. The summed E-state index contributed by atoms with van der Waals surface area (Å²) in [5, 5.41) is 14.2. The quantitative estimate of drug-likeness (QED) is 0.636. The van der Waals surface area contributed by atoms with E-state index in [1.54, 1.807) is 0 Å². The largest absolute Gasteiger partial charge is 0.384 e. The number of hydrogen-bond acceptors (Lipinski definition) is 5. The van der Waals surface area contributed by atoms with E-state index in [1.165, 1.54) is 37.8 Å². The standard InChI is InChI=1S/C14H22N4O2/c1-2-3-10-4-6-11(7-5-10)16-14-12(18(19)20)8-9-13(15)17-14/h8-11H,2-7H2,1H3,(H3,15,16,17). The van der Waals surface area contributed by atoms with Crippen molar-refractivity contribution in [1.82, 2.24) is 4.98 Å². The molecule has 0 radical (unpaired) electrons. The first-order valence-electron chi connectivity index (χ1n) is 7.27. The van der Waals surface area contributed by atoms with Crippen LogP contribution in [0.2, 0.25) is 0 Å². The van der Waals surface area contributed by atoms with Crippen LogP contribution in [0.5, 0.6) is 0 Å². The maximum Gasteiger partial charge on any atom is 0.311 e. The molecule has 20 heavy (non-hydrogen) atoms. The lowest BCUT2D eigenvalue weighted by atomic mass is 9.83. The van der Waals surface area contributed by atoms with Gasteiger partial charge in [-0.25, -0.2) is 4.98 Å². The zero-order valence-electron chi connectivity index (χ0n) is 11.8. The molecule has 0 atom stereocenters. The number of nitrogens with two attached hydrogens (primary N) is 1. The van der Waals surface area contributed by atoms with E-state index in [9.17, 15) is 10.1 Å². The van der Waals surface area contributed by atoms with Crippen LogP contribution in [-0.2, 0) is 0 Å². The summed E-state index contributed by atoms with van der Waals surface area (Å²) in [7, 11) is 0. The van der Waals surface area contributed by atoms with Gasteiger partial charge >= 0.3 is 5.69 Å². The topological polar surface area (TPSA) is 94.1 Å². The molecule has 0 bridgehead atoms. The molecular weight excluding hydrogens is 256 g/mol.